The number of nitrogens with zero attached hydrogens (tertiary/aromatic N) is 4. The smallest absolute Gasteiger partial charge is 0.354 e. The summed E-state index contributed by atoms with van der Waals surface area (Å²) in [5.41, 5.74) is -0.688. The second kappa shape index (κ2) is 8.52. The van der Waals surface area contributed by atoms with Gasteiger partial charge in [0.1, 0.15) is 11.7 Å². The highest BCUT2D eigenvalue weighted by atomic mass is 35.5. The molecule has 2 aromatic heterocycles. The summed E-state index contributed by atoms with van der Waals surface area (Å²) >= 11 is 5.85. The number of nitrogens with one attached hydrogen (secondary N) is 1. The Kier molecular flexibility index (Phi) is 6.40. The van der Waals surface area contributed by atoms with Crippen molar-refractivity contribution in [3.05, 3.63) is 33.9 Å². The van der Waals surface area contributed by atoms with Gasteiger partial charge in [0.15, 0.2) is 5.69 Å². The Morgan fingerprint density at radius 3 is 2.53 bits per heavy atom. The fourth-order valence-electron chi connectivity index (χ4n) is 3.19. The van der Waals surface area contributed by atoms with Crippen molar-refractivity contribution in [3.8, 4) is 0 Å². The third kappa shape index (κ3) is 4.76. The van der Waals surface area contributed by atoms with E-state index in [1.165, 1.54) is 18.5 Å². The van der Waals surface area contributed by atoms with Crippen LogP contribution in [0.3, 0.4) is 0 Å². The zero-order chi connectivity index (χ0) is 22.2. The number of alkyl halides is 5. The molecule has 0 saturated heterocycles. The van der Waals surface area contributed by atoms with E-state index < -0.39 is 35.9 Å². The Balaban J connectivity index is 1.57. The fraction of sp³-hybridized carbons (Fsp3) is 0.611. The lowest BCUT2D eigenvalue weighted by molar-refractivity contribution is -0.141. The van der Waals surface area contributed by atoms with E-state index in [-0.39, 0.29) is 29.7 Å². The van der Waals surface area contributed by atoms with Gasteiger partial charge >= 0.3 is 6.18 Å². The molecule has 0 spiro atoms. The quantitative estimate of drug-likeness (QED) is 0.467. The first-order valence-corrected chi connectivity index (χ1v) is 9.83. The van der Waals surface area contributed by atoms with Crippen LogP contribution in [0.1, 0.15) is 67.3 Å². The van der Waals surface area contributed by atoms with Crippen molar-refractivity contribution in [2.45, 2.75) is 64.2 Å². The second-order valence-corrected chi connectivity index (χ2v) is 7.68. The first-order chi connectivity index (χ1) is 14.0. The van der Waals surface area contributed by atoms with Crippen molar-refractivity contribution in [2.24, 2.45) is 0 Å². The van der Waals surface area contributed by atoms with Gasteiger partial charge in [0, 0.05) is 24.7 Å². The molecule has 1 aliphatic rings. The minimum atomic E-state index is -4.50. The maximum absolute atomic E-state index is 12.9. The average molecular weight is 454 g/mol. The molecule has 0 bridgehead atoms. The van der Waals surface area contributed by atoms with E-state index in [0.29, 0.717) is 12.1 Å². The third-order valence-corrected chi connectivity index (χ3v) is 5.46. The van der Waals surface area contributed by atoms with Gasteiger partial charge in [-0.15, -0.1) is 0 Å². The molecule has 2 aromatic rings. The van der Waals surface area contributed by atoms with Crippen molar-refractivity contribution in [3.63, 3.8) is 0 Å². The van der Waals surface area contributed by atoms with Crippen LogP contribution in [0.2, 0.25) is 5.02 Å². The molecule has 1 N–H and O–H groups in total. The van der Waals surface area contributed by atoms with Gasteiger partial charge in [-0.3, -0.25) is 14.2 Å². The van der Waals surface area contributed by atoms with Crippen LogP contribution < -0.4 is 5.32 Å². The molecule has 1 saturated carbocycles. The summed E-state index contributed by atoms with van der Waals surface area (Å²) in [6.07, 6.45) is -5.33. The molecule has 0 aliphatic heterocycles. The van der Waals surface area contributed by atoms with E-state index in [4.69, 9.17) is 11.6 Å². The van der Waals surface area contributed by atoms with E-state index in [1.54, 1.807) is 0 Å². The van der Waals surface area contributed by atoms with Crippen LogP contribution in [0.15, 0.2) is 6.07 Å². The summed E-state index contributed by atoms with van der Waals surface area (Å²) < 4.78 is 67.1. The number of hydrogen-bond donors (Lipinski definition) is 1. The maximum atomic E-state index is 12.9. The molecule has 1 aliphatic carbocycles. The van der Waals surface area contributed by atoms with Crippen molar-refractivity contribution < 1.29 is 26.7 Å². The Morgan fingerprint density at radius 1 is 1.33 bits per heavy atom. The van der Waals surface area contributed by atoms with Crippen LogP contribution in [-0.2, 0) is 17.5 Å². The van der Waals surface area contributed by atoms with Crippen LogP contribution in [-0.4, -0.2) is 32.0 Å². The summed E-state index contributed by atoms with van der Waals surface area (Å²) in [5, 5.41) is 9.84. The largest absolute Gasteiger partial charge is 0.435 e. The summed E-state index contributed by atoms with van der Waals surface area (Å²) in [5.74, 6) is -0.364. The number of hydrogen-bond acceptors (Lipinski definition) is 3. The van der Waals surface area contributed by atoms with Gasteiger partial charge in [0.2, 0.25) is 5.91 Å². The van der Waals surface area contributed by atoms with Crippen molar-refractivity contribution in [1.29, 1.82) is 0 Å². The summed E-state index contributed by atoms with van der Waals surface area (Å²) in [6, 6.07) is 0.210. The van der Waals surface area contributed by atoms with E-state index >= 15 is 0 Å². The zero-order valence-corrected chi connectivity index (χ0v) is 17.1. The zero-order valence-electron chi connectivity index (χ0n) is 16.3. The molecule has 3 rings (SSSR count). The first kappa shape index (κ1) is 22.5. The molecule has 0 unspecified atom stereocenters. The molecule has 6 nitrogen and oxygen atoms in total. The Hall–Kier alpha value is -2.17. The molecular formula is C18H21ClF5N5O. The SMILES string of the molecule is Cc1c(Cl)c(C(F)F)nn1[C@H](C)C(=O)NCCCn1nc(C(F)(F)F)cc1C1CC1. The van der Waals surface area contributed by atoms with Crippen molar-refractivity contribution >= 4 is 17.5 Å². The number of carbonyl (C=O) groups is 1. The lowest BCUT2D eigenvalue weighted by atomic mass is 10.2. The summed E-state index contributed by atoms with van der Waals surface area (Å²) in [7, 11) is 0. The molecule has 166 valence electrons. The van der Waals surface area contributed by atoms with Crippen LogP contribution >= 0.6 is 11.6 Å². The van der Waals surface area contributed by atoms with E-state index in [0.717, 1.165) is 23.6 Å². The monoisotopic (exact) mass is 453 g/mol. The Labute approximate surface area is 174 Å². The lowest BCUT2D eigenvalue weighted by Crippen LogP contribution is -2.33. The van der Waals surface area contributed by atoms with Gasteiger partial charge in [0.25, 0.3) is 6.43 Å². The number of aryl methyl sites for hydroxylation is 1. The van der Waals surface area contributed by atoms with Crippen LogP contribution in [0, 0.1) is 6.92 Å². The lowest BCUT2D eigenvalue weighted by Gasteiger charge is -2.15. The minimum Gasteiger partial charge on any atom is -0.354 e. The summed E-state index contributed by atoms with van der Waals surface area (Å²) in [4.78, 5) is 12.3. The highest BCUT2D eigenvalue weighted by Gasteiger charge is 2.37. The molecular weight excluding hydrogens is 433 g/mol. The van der Waals surface area contributed by atoms with Crippen LogP contribution in [0.25, 0.3) is 0 Å². The Morgan fingerprint density at radius 2 is 2.00 bits per heavy atom. The fourth-order valence-corrected chi connectivity index (χ4v) is 3.40. The molecule has 1 amide bonds. The van der Waals surface area contributed by atoms with E-state index in [9.17, 15) is 26.7 Å². The number of carbonyl (C=O) groups excluding carboxylic acids is 1. The third-order valence-electron chi connectivity index (χ3n) is 5.00. The van der Waals surface area contributed by atoms with Gasteiger partial charge in [-0.25, -0.2) is 8.78 Å². The predicted octanol–water partition coefficient (Wildman–Crippen LogP) is 4.64. The average Bonchev–Trinajstić information content (AvgIpc) is 3.34. The van der Waals surface area contributed by atoms with Gasteiger partial charge in [-0.1, -0.05) is 11.6 Å². The molecule has 30 heavy (non-hydrogen) atoms. The van der Waals surface area contributed by atoms with E-state index in [2.05, 4.69) is 15.5 Å². The minimum absolute atomic E-state index is 0.0970. The summed E-state index contributed by atoms with van der Waals surface area (Å²) in [6.45, 7) is 3.39. The maximum Gasteiger partial charge on any atom is 0.435 e. The highest BCUT2D eigenvalue weighted by molar-refractivity contribution is 6.31. The molecule has 2 heterocycles. The first-order valence-electron chi connectivity index (χ1n) is 9.46. The van der Waals surface area contributed by atoms with Crippen molar-refractivity contribution in [2.75, 3.05) is 6.54 Å². The second-order valence-electron chi connectivity index (χ2n) is 7.30. The predicted molar refractivity (Wildman–Crippen MR) is 98.5 cm³/mol. The van der Waals surface area contributed by atoms with Crippen LogP contribution in [0.4, 0.5) is 22.0 Å². The molecule has 1 atom stereocenters. The molecule has 0 aromatic carbocycles. The number of aromatic nitrogens is 4. The molecule has 1 fully saturated rings. The van der Waals surface area contributed by atoms with Gasteiger partial charge in [-0.05, 0) is 39.2 Å². The molecule has 12 heteroatoms. The van der Waals surface area contributed by atoms with Crippen molar-refractivity contribution in [1.82, 2.24) is 24.9 Å². The number of rotatable bonds is 8. The number of amides is 1. The van der Waals surface area contributed by atoms with E-state index in [1.807, 2.05) is 0 Å². The van der Waals surface area contributed by atoms with Gasteiger partial charge < -0.3 is 5.32 Å². The standard InChI is InChI=1S/C18H21ClF5N5O/c1-9-14(19)15(16(20)21)27-29(9)10(2)17(30)25-6-3-7-28-12(11-4-5-11)8-13(26-28)18(22,23)24/h8,10-11,16H,3-7H2,1-2H3,(H,25,30)/t10-/m1/s1. The highest BCUT2D eigenvalue weighted by Crippen LogP contribution is 2.42. The topological polar surface area (TPSA) is 64.7 Å². The van der Waals surface area contributed by atoms with Gasteiger partial charge in [0.05, 0.1) is 10.7 Å². The number of halogens is 6. The normalized spacial score (nSPS) is 15.6. The van der Waals surface area contributed by atoms with Gasteiger partial charge in [-0.2, -0.15) is 23.4 Å². The van der Waals surface area contributed by atoms with Crippen LogP contribution in [0.5, 0.6) is 0 Å². The Bertz CT molecular complexity index is 919. The molecule has 0 radical (unpaired) electrons.